The molecule has 0 fully saturated rings. The highest BCUT2D eigenvalue weighted by atomic mass is 14.5. The number of allylic oxidation sites excluding steroid dienone is 2. The second-order valence-electron chi connectivity index (χ2n) is 14.6. The molecule has 54 heavy (non-hydrogen) atoms. The molecule has 0 nitrogen and oxygen atoms in total. The summed E-state index contributed by atoms with van der Waals surface area (Å²) in [6.07, 6.45) is 17.5. The lowest BCUT2D eigenvalue weighted by Crippen LogP contribution is -2.28. The van der Waals surface area contributed by atoms with Crippen molar-refractivity contribution in [3.63, 3.8) is 0 Å². The summed E-state index contributed by atoms with van der Waals surface area (Å²) in [5.74, 6) is 3.11. The fourth-order valence-electron chi connectivity index (χ4n) is 9.49. The Morgan fingerprint density at radius 1 is 0.574 bits per heavy atom. The van der Waals surface area contributed by atoms with Crippen molar-refractivity contribution in [3.8, 4) is 45.7 Å². The third-order valence-corrected chi connectivity index (χ3v) is 11.8. The van der Waals surface area contributed by atoms with Gasteiger partial charge in [-0.3, -0.25) is 0 Å². The van der Waals surface area contributed by atoms with Gasteiger partial charge in [0.2, 0.25) is 0 Å². The van der Waals surface area contributed by atoms with Crippen LogP contribution in [0.5, 0.6) is 0 Å². The highest BCUT2D eigenvalue weighted by molar-refractivity contribution is 6.00. The van der Waals surface area contributed by atoms with E-state index >= 15 is 0 Å². The van der Waals surface area contributed by atoms with E-state index in [1.807, 2.05) is 0 Å². The van der Waals surface area contributed by atoms with Crippen LogP contribution >= 0.6 is 0 Å². The smallest absolute Gasteiger partial charge is 0.0713 e. The molecule has 0 atom stereocenters. The van der Waals surface area contributed by atoms with Gasteiger partial charge in [-0.05, 0) is 138 Å². The third kappa shape index (κ3) is 4.72. The summed E-state index contributed by atoms with van der Waals surface area (Å²) in [4.78, 5) is 0. The molecule has 0 aliphatic heterocycles. The monoisotopic (exact) mass is 686 g/mol. The molecule has 0 bridgehead atoms. The molecule has 0 heterocycles. The minimum atomic E-state index is -0.564. The SMILES string of the molecule is C#Cc1c(-c2ccc3c(c2)C(c2ccccc2)(c2ccccc2)c2cc(-c4cc5ccccc5c5c4C=CCC5)ccc2-3)cc2ccccc2c1/C=C\C. The number of hydrogen-bond donors (Lipinski definition) is 0. The maximum absolute atomic E-state index is 6.39. The Morgan fingerprint density at radius 3 is 1.76 bits per heavy atom. The summed E-state index contributed by atoms with van der Waals surface area (Å²) < 4.78 is 0. The Hall–Kier alpha value is -6.68. The molecule has 0 aromatic heterocycles. The molecule has 0 spiro atoms. The summed E-state index contributed by atoms with van der Waals surface area (Å²) in [5.41, 5.74) is 16.6. The average molecular weight is 687 g/mol. The van der Waals surface area contributed by atoms with Crippen LogP contribution in [-0.4, -0.2) is 0 Å². The van der Waals surface area contributed by atoms with Crippen molar-refractivity contribution in [2.24, 2.45) is 0 Å². The van der Waals surface area contributed by atoms with Gasteiger partial charge in [-0.25, -0.2) is 0 Å². The lowest BCUT2D eigenvalue weighted by molar-refractivity contribution is 0.769. The number of aryl methyl sites for hydroxylation is 1. The van der Waals surface area contributed by atoms with E-state index in [2.05, 4.69) is 195 Å². The van der Waals surface area contributed by atoms with Crippen LogP contribution in [0.3, 0.4) is 0 Å². The third-order valence-electron chi connectivity index (χ3n) is 11.8. The molecule has 2 aliphatic carbocycles. The number of terminal acetylenes is 1. The van der Waals surface area contributed by atoms with E-state index in [4.69, 9.17) is 6.42 Å². The molecule has 0 saturated heterocycles. The zero-order valence-corrected chi connectivity index (χ0v) is 30.3. The van der Waals surface area contributed by atoms with E-state index < -0.39 is 5.41 Å². The maximum Gasteiger partial charge on any atom is 0.0713 e. The quantitative estimate of drug-likeness (QED) is 0.158. The van der Waals surface area contributed by atoms with Gasteiger partial charge in [-0.15, -0.1) is 6.42 Å². The second-order valence-corrected chi connectivity index (χ2v) is 14.6. The van der Waals surface area contributed by atoms with Crippen molar-refractivity contribution in [3.05, 3.63) is 214 Å². The Labute approximate surface area is 317 Å². The van der Waals surface area contributed by atoms with Gasteiger partial charge < -0.3 is 0 Å². The molecule has 8 aromatic carbocycles. The molecule has 2 aliphatic rings. The van der Waals surface area contributed by atoms with E-state index in [9.17, 15) is 0 Å². The van der Waals surface area contributed by atoms with Crippen LogP contribution in [0.25, 0.3) is 67.1 Å². The van der Waals surface area contributed by atoms with Gasteiger partial charge in [0.1, 0.15) is 0 Å². The van der Waals surface area contributed by atoms with Crippen LogP contribution in [0.4, 0.5) is 0 Å². The predicted molar refractivity (Wildman–Crippen MR) is 230 cm³/mol. The van der Waals surface area contributed by atoms with Crippen molar-refractivity contribution in [2.75, 3.05) is 0 Å². The summed E-state index contributed by atoms with van der Waals surface area (Å²) in [5, 5.41) is 5.01. The van der Waals surface area contributed by atoms with Crippen LogP contribution in [0, 0.1) is 12.3 Å². The van der Waals surface area contributed by atoms with E-state index in [1.165, 1.54) is 77.2 Å². The maximum atomic E-state index is 6.39. The summed E-state index contributed by atoms with van der Waals surface area (Å²) in [6.45, 7) is 2.06. The van der Waals surface area contributed by atoms with Crippen LogP contribution in [0.15, 0.2) is 170 Å². The van der Waals surface area contributed by atoms with Crippen molar-refractivity contribution in [1.82, 2.24) is 0 Å². The standard InChI is InChI=1S/C54H38/c1-3-17-45-42(4-2)50(32-36-18-11-13-24-43(36)45)38-28-30-48-49-31-29-39(51-33-37-19-12-14-25-44(37)46-26-15-16-27-47(46)51)35-53(49)54(52(48)34-38,40-20-7-5-8-21-40)41-22-9-6-10-23-41/h2-3,5-14,16-25,27-35H,15,26H2,1H3/b17-3-. The first kappa shape index (κ1) is 32.0. The Kier molecular flexibility index (Phi) is 7.57. The Bertz CT molecular complexity index is 2840. The van der Waals surface area contributed by atoms with Gasteiger partial charge in [0.15, 0.2) is 0 Å². The number of fused-ring (bicyclic) bond motifs is 7. The molecule has 254 valence electrons. The topological polar surface area (TPSA) is 0 Å². The van der Waals surface area contributed by atoms with Crippen molar-refractivity contribution in [1.29, 1.82) is 0 Å². The zero-order valence-electron chi connectivity index (χ0n) is 30.3. The first-order chi connectivity index (χ1) is 26.7. The molecule has 0 radical (unpaired) electrons. The first-order valence-corrected chi connectivity index (χ1v) is 19.0. The van der Waals surface area contributed by atoms with E-state index in [1.54, 1.807) is 0 Å². The van der Waals surface area contributed by atoms with E-state index in [-0.39, 0.29) is 0 Å². The molecule has 10 rings (SSSR count). The largest absolute Gasteiger partial charge is 0.115 e. The van der Waals surface area contributed by atoms with Crippen molar-refractivity contribution >= 4 is 33.7 Å². The lowest BCUT2D eigenvalue weighted by Gasteiger charge is -2.34. The van der Waals surface area contributed by atoms with Crippen LogP contribution in [0.1, 0.15) is 57.9 Å². The molecule has 0 unspecified atom stereocenters. The predicted octanol–water partition coefficient (Wildman–Crippen LogP) is 13.7. The summed E-state index contributed by atoms with van der Waals surface area (Å²) >= 11 is 0. The molecular formula is C54H38. The van der Waals surface area contributed by atoms with Gasteiger partial charge in [0.25, 0.3) is 0 Å². The molecule has 8 aromatic rings. The molecule has 0 heteroatoms. The highest BCUT2D eigenvalue weighted by Crippen LogP contribution is 2.58. The van der Waals surface area contributed by atoms with E-state index in [0.29, 0.717) is 0 Å². The fourth-order valence-corrected chi connectivity index (χ4v) is 9.49. The zero-order chi connectivity index (χ0) is 36.2. The van der Waals surface area contributed by atoms with Crippen LogP contribution < -0.4 is 0 Å². The van der Waals surface area contributed by atoms with Gasteiger partial charge in [0.05, 0.1) is 5.41 Å². The van der Waals surface area contributed by atoms with E-state index in [0.717, 1.165) is 35.1 Å². The minimum absolute atomic E-state index is 0.564. The highest BCUT2D eigenvalue weighted by Gasteiger charge is 2.46. The second kappa shape index (κ2) is 12.8. The Morgan fingerprint density at radius 2 is 1.13 bits per heavy atom. The first-order valence-electron chi connectivity index (χ1n) is 19.0. The van der Waals surface area contributed by atoms with Crippen LogP contribution in [0.2, 0.25) is 0 Å². The average Bonchev–Trinajstić information content (AvgIpc) is 3.53. The number of rotatable bonds is 5. The molecule has 0 amide bonds. The van der Waals surface area contributed by atoms with Crippen LogP contribution in [-0.2, 0) is 11.8 Å². The summed E-state index contributed by atoms with van der Waals surface area (Å²) in [7, 11) is 0. The van der Waals surface area contributed by atoms with Crippen molar-refractivity contribution in [2.45, 2.75) is 25.2 Å². The number of benzene rings is 8. The van der Waals surface area contributed by atoms with Crippen molar-refractivity contribution < 1.29 is 0 Å². The lowest BCUT2D eigenvalue weighted by atomic mass is 9.67. The molecular weight excluding hydrogens is 649 g/mol. The van der Waals surface area contributed by atoms with Gasteiger partial charge in [-0.2, -0.15) is 0 Å². The van der Waals surface area contributed by atoms with Gasteiger partial charge in [0, 0.05) is 5.56 Å². The normalized spacial score (nSPS) is 13.9. The minimum Gasteiger partial charge on any atom is -0.115 e. The van der Waals surface area contributed by atoms with Gasteiger partial charge >= 0.3 is 0 Å². The fraction of sp³-hybridized carbons (Fsp3) is 0.0741. The number of hydrogen-bond acceptors (Lipinski definition) is 0. The Balaban J connectivity index is 1.28. The molecule has 0 saturated carbocycles. The summed E-state index contributed by atoms with van der Waals surface area (Å²) in [6, 6.07) is 58.6. The molecule has 0 N–H and O–H groups in total. The van der Waals surface area contributed by atoms with Gasteiger partial charge in [-0.1, -0.05) is 164 Å².